The number of nitrogens with zero attached hydrogens (tertiary/aromatic N) is 5. The number of carbonyl (C=O) groups excluding carboxylic acids is 1. The highest BCUT2D eigenvalue weighted by atomic mass is 19.1. The van der Waals surface area contributed by atoms with Crippen LogP contribution < -0.4 is 21.5 Å². The van der Waals surface area contributed by atoms with Crippen molar-refractivity contribution in [2.45, 2.75) is 18.6 Å². The highest BCUT2D eigenvalue weighted by Crippen LogP contribution is 2.26. The zero-order valence-electron chi connectivity index (χ0n) is 17.0. The van der Waals surface area contributed by atoms with Crippen molar-refractivity contribution >= 4 is 28.7 Å². The van der Waals surface area contributed by atoms with E-state index in [1.54, 1.807) is 55.8 Å². The van der Waals surface area contributed by atoms with Gasteiger partial charge < -0.3 is 16.0 Å². The summed E-state index contributed by atoms with van der Waals surface area (Å²) in [5.74, 6) is 0.339. The average Bonchev–Trinajstić information content (AvgIpc) is 3.32. The molecule has 1 fully saturated rings. The molecule has 32 heavy (non-hydrogen) atoms. The molecule has 1 aliphatic rings. The van der Waals surface area contributed by atoms with Crippen LogP contribution in [0.15, 0.2) is 59.8 Å². The first-order valence-corrected chi connectivity index (χ1v) is 9.96. The molecular weight excluding hydrogens is 415 g/mol. The van der Waals surface area contributed by atoms with Crippen LogP contribution in [0.25, 0.3) is 11.5 Å². The van der Waals surface area contributed by atoms with Crippen molar-refractivity contribution in [1.29, 1.82) is 0 Å². The summed E-state index contributed by atoms with van der Waals surface area (Å²) in [6.07, 6.45) is 3.90. The number of anilines is 3. The molecule has 0 bridgehead atoms. The first-order valence-electron chi connectivity index (χ1n) is 9.96. The van der Waals surface area contributed by atoms with Crippen molar-refractivity contribution in [1.82, 2.24) is 29.5 Å². The number of hydrogen-bond acceptors (Lipinski definition) is 7. The van der Waals surface area contributed by atoms with E-state index in [0.29, 0.717) is 29.4 Å². The van der Waals surface area contributed by atoms with Crippen molar-refractivity contribution in [2.24, 2.45) is 0 Å². The first-order chi connectivity index (χ1) is 15.5. The number of amides is 1. The van der Waals surface area contributed by atoms with Crippen LogP contribution in [-0.2, 0) is 0 Å². The molecule has 0 radical (unpaired) electrons. The van der Waals surface area contributed by atoms with Gasteiger partial charge in [0.2, 0.25) is 0 Å². The number of alkyl halides is 1. The first kappa shape index (κ1) is 19.7. The smallest absolute Gasteiger partial charge is 0.279 e. The lowest BCUT2D eigenvalue weighted by atomic mass is 10.3. The minimum atomic E-state index is -1.02. The molecule has 1 amide bonds. The summed E-state index contributed by atoms with van der Waals surface area (Å²) in [5, 5.41) is 13.1. The molecule has 11 heteroatoms. The van der Waals surface area contributed by atoms with Crippen molar-refractivity contribution in [2.75, 3.05) is 17.7 Å². The standard InChI is InChI=1S/C21H19FN8O2/c1-23-15-10-17(26-13-5-4-8-29(21(13)32)18-6-2-3-7-24-18)28-30-16(11-25-19(15)30)20(31)27-14-9-12(14)22/h2-8,10-12,14,23H,9H2,1H3,(H,26,28)(H,27,31)/t12-,14?/m0/s1. The van der Waals surface area contributed by atoms with Crippen LogP contribution in [-0.4, -0.2) is 49.3 Å². The van der Waals surface area contributed by atoms with Gasteiger partial charge in [-0.05, 0) is 24.3 Å². The number of imidazole rings is 1. The topological polar surface area (TPSA) is 118 Å². The summed E-state index contributed by atoms with van der Waals surface area (Å²) in [4.78, 5) is 34.0. The van der Waals surface area contributed by atoms with Gasteiger partial charge in [-0.3, -0.25) is 14.2 Å². The second-order valence-electron chi connectivity index (χ2n) is 7.31. The Labute approximate surface area is 181 Å². The SMILES string of the molecule is CNc1cc(Nc2cccn(-c3ccccn3)c2=O)nn2c(C(=O)NC3C[C@@H]3F)cnc12. The van der Waals surface area contributed by atoms with Crippen molar-refractivity contribution in [3.05, 3.63) is 71.0 Å². The molecule has 4 aromatic heterocycles. The predicted molar refractivity (Wildman–Crippen MR) is 116 cm³/mol. The lowest BCUT2D eigenvalue weighted by molar-refractivity contribution is 0.0940. The molecular formula is C21H19FN8O2. The fourth-order valence-corrected chi connectivity index (χ4v) is 3.33. The molecule has 4 heterocycles. The van der Waals surface area contributed by atoms with E-state index in [9.17, 15) is 14.0 Å². The monoisotopic (exact) mass is 434 g/mol. The van der Waals surface area contributed by atoms with Gasteiger partial charge in [0, 0.05) is 31.9 Å². The van der Waals surface area contributed by atoms with Crippen LogP contribution in [0.5, 0.6) is 0 Å². The van der Waals surface area contributed by atoms with E-state index in [0.717, 1.165) is 0 Å². The van der Waals surface area contributed by atoms with E-state index >= 15 is 0 Å². The van der Waals surface area contributed by atoms with Gasteiger partial charge in [0.05, 0.1) is 17.9 Å². The van der Waals surface area contributed by atoms with E-state index in [-0.39, 0.29) is 16.9 Å². The largest absolute Gasteiger partial charge is 0.385 e. The third-order valence-corrected chi connectivity index (χ3v) is 5.10. The van der Waals surface area contributed by atoms with Gasteiger partial charge in [-0.2, -0.15) is 0 Å². The molecule has 5 rings (SSSR count). The van der Waals surface area contributed by atoms with Crippen LogP contribution in [0, 0.1) is 0 Å². The van der Waals surface area contributed by atoms with Crippen LogP contribution in [0.4, 0.5) is 21.6 Å². The number of rotatable bonds is 6. The molecule has 162 valence electrons. The Hall–Kier alpha value is -4.28. The van der Waals surface area contributed by atoms with Gasteiger partial charge in [-0.25, -0.2) is 18.9 Å². The Morgan fingerprint density at radius 1 is 1.19 bits per heavy atom. The molecule has 0 aromatic carbocycles. The van der Waals surface area contributed by atoms with Gasteiger partial charge in [-0.1, -0.05) is 6.07 Å². The van der Waals surface area contributed by atoms with E-state index in [1.165, 1.54) is 15.3 Å². The Bertz CT molecular complexity index is 1370. The van der Waals surface area contributed by atoms with E-state index < -0.39 is 18.1 Å². The van der Waals surface area contributed by atoms with Crippen LogP contribution in [0.1, 0.15) is 16.9 Å². The van der Waals surface area contributed by atoms with Crippen molar-refractivity contribution < 1.29 is 9.18 Å². The minimum Gasteiger partial charge on any atom is -0.385 e. The number of nitrogens with one attached hydrogen (secondary N) is 3. The van der Waals surface area contributed by atoms with Crippen LogP contribution >= 0.6 is 0 Å². The minimum absolute atomic E-state index is 0.165. The molecule has 4 aromatic rings. The third kappa shape index (κ3) is 3.53. The van der Waals surface area contributed by atoms with E-state index in [2.05, 4.69) is 31.0 Å². The molecule has 0 spiro atoms. The number of pyridine rings is 2. The number of hydrogen-bond donors (Lipinski definition) is 3. The summed E-state index contributed by atoms with van der Waals surface area (Å²) in [6.45, 7) is 0. The molecule has 1 saturated carbocycles. The molecule has 1 aliphatic carbocycles. The molecule has 0 aliphatic heterocycles. The van der Waals surface area contributed by atoms with Crippen LogP contribution in [0.2, 0.25) is 0 Å². The molecule has 2 atom stereocenters. The summed E-state index contributed by atoms with van der Waals surface area (Å²) in [7, 11) is 1.71. The second kappa shape index (κ2) is 7.76. The van der Waals surface area contributed by atoms with E-state index in [1.807, 2.05) is 0 Å². The van der Waals surface area contributed by atoms with Gasteiger partial charge in [0.1, 0.15) is 17.7 Å². The van der Waals surface area contributed by atoms with Gasteiger partial charge >= 0.3 is 0 Å². The van der Waals surface area contributed by atoms with Gasteiger partial charge in [-0.15, -0.1) is 5.10 Å². The second-order valence-corrected chi connectivity index (χ2v) is 7.31. The number of fused-ring (bicyclic) bond motifs is 1. The zero-order chi connectivity index (χ0) is 22.2. The van der Waals surface area contributed by atoms with Gasteiger partial charge in [0.15, 0.2) is 17.2 Å². The van der Waals surface area contributed by atoms with Crippen molar-refractivity contribution in [3.8, 4) is 5.82 Å². The number of carbonyl (C=O) groups is 1. The highest BCUT2D eigenvalue weighted by molar-refractivity contribution is 5.94. The zero-order valence-corrected chi connectivity index (χ0v) is 17.0. The summed E-state index contributed by atoms with van der Waals surface area (Å²) >= 11 is 0. The Kier molecular flexibility index (Phi) is 4.77. The maximum absolute atomic E-state index is 13.2. The Morgan fingerprint density at radius 3 is 2.75 bits per heavy atom. The molecule has 3 N–H and O–H groups in total. The normalized spacial score (nSPS) is 17.2. The quantitative estimate of drug-likeness (QED) is 0.424. The maximum atomic E-state index is 13.2. The fourth-order valence-electron chi connectivity index (χ4n) is 3.33. The predicted octanol–water partition coefficient (Wildman–Crippen LogP) is 1.90. The van der Waals surface area contributed by atoms with Gasteiger partial charge in [0.25, 0.3) is 11.5 Å². The summed E-state index contributed by atoms with van der Waals surface area (Å²) in [5.41, 5.74) is 1.15. The maximum Gasteiger partial charge on any atom is 0.279 e. The lowest BCUT2D eigenvalue weighted by Gasteiger charge is -2.11. The highest BCUT2D eigenvalue weighted by Gasteiger charge is 2.39. The third-order valence-electron chi connectivity index (χ3n) is 5.10. The van der Waals surface area contributed by atoms with E-state index in [4.69, 9.17) is 0 Å². The molecule has 10 nitrogen and oxygen atoms in total. The van der Waals surface area contributed by atoms with Crippen molar-refractivity contribution in [3.63, 3.8) is 0 Å². The fraction of sp³-hybridized carbons (Fsp3) is 0.190. The average molecular weight is 434 g/mol. The molecule has 1 unspecified atom stereocenters. The Morgan fingerprint density at radius 2 is 2.03 bits per heavy atom. The Balaban J connectivity index is 1.52. The lowest BCUT2D eigenvalue weighted by Crippen LogP contribution is -2.28. The van der Waals surface area contributed by atoms with Crippen LogP contribution in [0.3, 0.4) is 0 Å². The summed E-state index contributed by atoms with van der Waals surface area (Å²) < 4.78 is 16.0. The summed E-state index contributed by atoms with van der Waals surface area (Å²) in [6, 6.07) is 9.84. The number of halogens is 1. The number of aromatic nitrogens is 5. The molecule has 0 saturated heterocycles.